The van der Waals surface area contributed by atoms with Crippen LogP contribution in [0.25, 0.3) is 0 Å². The number of fused-ring (bicyclic) bond motifs is 1. The van der Waals surface area contributed by atoms with Crippen molar-refractivity contribution in [1.29, 1.82) is 0 Å². The number of anilines is 1. The Bertz CT molecular complexity index is 781. The molecule has 3 fully saturated rings. The van der Waals surface area contributed by atoms with Gasteiger partial charge in [-0.3, -0.25) is 9.59 Å². The average Bonchev–Trinajstić information content (AvgIpc) is 3.31. The molecule has 3 aliphatic heterocycles. The van der Waals surface area contributed by atoms with Crippen LogP contribution in [0.1, 0.15) is 26.2 Å². The lowest BCUT2D eigenvalue weighted by atomic mass is 10.2. The molecule has 1 aromatic carbocycles. The first-order valence-corrected chi connectivity index (χ1v) is 10.4. The summed E-state index contributed by atoms with van der Waals surface area (Å²) in [6.07, 6.45) is 1.98. The maximum Gasteiger partial charge on any atom is 0.387 e. The molecule has 0 unspecified atom stereocenters. The van der Waals surface area contributed by atoms with Gasteiger partial charge in [0.2, 0.25) is 11.8 Å². The van der Waals surface area contributed by atoms with Gasteiger partial charge in [0.25, 0.3) is 0 Å². The third-order valence-electron chi connectivity index (χ3n) is 5.70. The Morgan fingerprint density at radius 2 is 2.18 bits per heavy atom. The third-order valence-corrected chi connectivity index (χ3v) is 7.21. The fourth-order valence-corrected chi connectivity index (χ4v) is 5.75. The monoisotopic (exact) mass is 411 g/mol. The van der Waals surface area contributed by atoms with Gasteiger partial charge in [0.15, 0.2) is 0 Å². The second kappa shape index (κ2) is 7.42. The normalized spacial score (nSPS) is 29.5. The molecule has 0 aliphatic carbocycles. The van der Waals surface area contributed by atoms with Crippen LogP contribution in [0.4, 0.5) is 14.5 Å². The lowest BCUT2D eigenvalue weighted by Crippen LogP contribution is -2.52. The van der Waals surface area contributed by atoms with Crippen LogP contribution in [0.2, 0.25) is 0 Å². The first-order chi connectivity index (χ1) is 13.4. The predicted octanol–water partition coefficient (Wildman–Crippen LogP) is 2.44. The molecular weight excluding hydrogens is 388 g/mol. The number of thioether (sulfide) groups is 1. The highest BCUT2D eigenvalue weighted by molar-refractivity contribution is 8.01. The van der Waals surface area contributed by atoms with Gasteiger partial charge >= 0.3 is 6.61 Å². The Morgan fingerprint density at radius 3 is 2.96 bits per heavy atom. The molecule has 152 valence electrons. The van der Waals surface area contributed by atoms with Gasteiger partial charge in [0.1, 0.15) is 11.8 Å². The van der Waals surface area contributed by atoms with Gasteiger partial charge in [-0.15, -0.1) is 11.8 Å². The van der Waals surface area contributed by atoms with E-state index in [2.05, 4.69) is 10.1 Å². The minimum atomic E-state index is -2.88. The van der Waals surface area contributed by atoms with Crippen LogP contribution < -0.4 is 15.0 Å². The van der Waals surface area contributed by atoms with Gasteiger partial charge in [-0.25, -0.2) is 0 Å². The van der Waals surface area contributed by atoms with Crippen LogP contribution in [-0.2, 0) is 9.59 Å². The van der Waals surface area contributed by atoms with Gasteiger partial charge in [0, 0.05) is 31.3 Å². The van der Waals surface area contributed by atoms with E-state index < -0.39 is 12.7 Å². The fraction of sp³-hybridized carbons (Fsp3) is 0.579. The lowest BCUT2D eigenvalue weighted by Gasteiger charge is -2.30. The Morgan fingerprint density at radius 1 is 1.39 bits per heavy atom. The van der Waals surface area contributed by atoms with Crippen molar-refractivity contribution in [2.75, 3.05) is 23.7 Å². The second-order valence-electron chi connectivity index (χ2n) is 7.55. The summed E-state index contributed by atoms with van der Waals surface area (Å²) in [6, 6.07) is 6.15. The van der Waals surface area contributed by atoms with Crippen molar-refractivity contribution in [3.05, 3.63) is 24.3 Å². The summed E-state index contributed by atoms with van der Waals surface area (Å²) < 4.78 is 29.9. The quantitative estimate of drug-likeness (QED) is 0.807. The summed E-state index contributed by atoms with van der Waals surface area (Å²) in [6.45, 7) is 0.286. The summed E-state index contributed by atoms with van der Waals surface area (Å²) in [4.78, 5) is 28.5. The maximum atomic E-state index is 12.8. The van der Waals surface area contributed by atoms with E-state index in [9.17, 15) is 18.4 Å². The van der Waals surface area contributed by atoms with Crippen LogP contribution in [0.5, 0.6) is 5.75 Å². The van der Waals surface area contributed by atoms with E-state index in [1.165, 1.54) is 6.07 Å². The molecule has 6 nitrogen and oxygen atoms in total. The Kier molecular flexibility index (Phi) is 5.11. The van der Waals surface area contributed by atoms with Crippen molar-refractivity contribution in [3.8, 4) is 5.75 Å². The zero-order chi connectivity index (χ0) is 19.9. The van der Waals surface area contributed by atoms with Crippen LogP contribution in [0.15, 0.2) is 24.3 Å². The third kappa shape index (κ3) is 3.52. The van der Waals surface area contributed by atoms with Crippen molar-refractivity contribution in [2.45, 2.75) is 49.8 Å². The second-order valence-corrected chi connectivity index (χ2v) is 9.05. The topological polar surface area (TPSA) is 61.9 Å². The molecule has 3 saturated heterocycles. The molecule has 0 radical (unpaired) electrons. The van der Waals surface area contributed by atoms with E-state index >= 15 is 0 Å². The predicted molar refractivity (Wildman–Crippen MR) is 103 cm³/mol. The number of amides is 2. The van der Waals surface area contributed by atoms with Crippen molar-refractivity contribution in [3.63, 3.8) is 0 Å². The molecule has 3 heterocycles. The SMILES string of the molecule is C[C@]12CCC(=O)N1[C@H](C(=O)N[C@@H]1CCN(c3ccccc3OC(F)F)C1)CS2. The number of ether oxygens (including phenoxy) is 1. The average molecular weight is 411 g/mol. The van der Waals surface area contributed by atoms with Gasteiger partial charge < -0.3 is 19.9 Å². The molecule has 0 bridgehead atoms. The van der Waals surface area contributed by atoms with Crippen LogP contribution in [0, 0.1) is 0 Å². The summed E-state index contributed by atoms with van der Waals surface area (Å²) >= 11 is 1.66. The highest BCUT2D eigenvalue weighted by Gasteiger charge is 2.53. The number of alkyl halides is 2. The van der Waals surface area contributed by atoms with Gasteiger partial charge in [-0.1, -0.05) is 12.1 Å². The van der Waals surface area contributed by atoms with Crippen LogP contribution >= 0.6 is 11.8 Å². The number of rotatable bonds is 5. The van der Waals surface area contributed by atoms with E-state index in [0.717, 1.165) is 6.42 Å². The molecule has 0 aromatic heterocycles. The summed E-state index contributed by atoms with van der Waals surface area (Å²) in [7, 11) is 0. The molecule has 2 amide bonds. The van der Waals surface area contributed by atoms with E-state index in [4.69, 9.17) is 0 Å². The first-order valence-electron chi connectivity index (χ1n) is 9.43. The van der Waals surface area contributed by atoms with E-state index in [-0.39, 0.29) is 28.5 Å². The maximum absolute atomic E-state index is 12.8. The Hall–Kier alpha value is -2.03. The molecule has 4 rings (SSSR count). The molecule has 9 heteroatoms. The van der Waals surface area contributed by atoms with Crippen LogP contribution in [-0.4, -0.2) is 59.1 Å². The van der Waals surface area contributed by atoms with Crippen molar-refractivity contribution in [2.24, 2.45) is 0 Å². The zero-order valence-electron chi connectivity index (χ0n) is 15.6. The largest absolute Gasteiger partial charge is 0.433 e. The lowest BCUT2D eigenvalue weighted by molar-refractivity contribution is -0.138. The molecule has 0 saturated carbocycles. The molecule has 3 atom stereocenters. The minimum absolute atomic E-state index is 0.0405. The van der Waals surface area contributed by atoms with Gasteiger partial charge in [-0.2, -0.15) is 8.78 Å². The number of carbonyl (C=O) groups is 2. The van der Waals surface area contributed by atoms with E-state index in [0.29, 0.717) is 37.4 Å². The highest BCUT2D eigenvalue weighted by Crippen LogP contribution is 2.47. The number of hydrogen-bond donors (Lipinski definition) is 1. The van der Waals surface area contributed by atoms with Crippen molar-refractivity contribution < 1.29 is 23.1 Å². The smallest absolute Gasteiger partial charge is 0.387 e. The molecule has 28 heavy (non-hydrogen) atoms. The number of carbonyl (C=O) groups excluding carboxylic acids is 2. The zero-order valence-corrected chi connectivity index (χ0v) is 16.4. The number of nitrogens with one attached hydrogen (secondary N) is 1. The molecular formula is C19H23F2N3O3S. The summed E-state index contributed by atoms with van der Waals surface area (Å²) in [5, 5.41) is 3.05. The first kappa shape index (κ1) is 19.3. The summed E-state index contributed by atoms with van der Waals surface area (Å²) in [5.74, 6) is 0.652. The summed E-state index contributed by atoms with van der Waals surface area (Å²) in [5.41, 5.74) is 0.596. The van der Waals surface area contributed by atoms with Crippen molar-refractivity contribution in [1.82, 2.24) is 10.2 Å². The highest BCUT2D eigenvalue weighted by atomic mass is 32.2. The standard InChI is InChI=1S/C19H23F2N3O3S/c1-19-8-6-16(25)24(19)14(11-28-19)17(26)22-12-7-9-23(10-12)13-4-2-3-5-15(13)27-18(20)21/h2-5,12,14,18H,6-11H2,1H3,(H,22,26)/t12-,14+,19+/m1/s1. The Balaban J connectivity index is 1.39. The molecule has 1 aromatic rings. The molecule has 1 N–H and O–H groups in total. The number of benzene rings is 1. The Labute approximate surface area is 166 Å². The van der Waals surface area contributed by atoms with Gasteiger partial charge in [-0.05, 0) is 31.9 Å². The fourth-order valence-electron chi connectivity index (χ4n) is 4.32. The number of para-hydroxylation sites is 2. The van der Waals surface area contributed by atoms with Crippen LogP contribution in [0.3, 0.4) is 0 Å². The van der Waals surface area contributed by atoms with E-state index in [1.807, 2.05) is 11.8 Å². The van der Waals surface area contributed by atoms with Gasteiger partial charge in [0.05, 0.1) is 10.6 Å². The minimum Gasteiger partial charge on any atom is -0.433 e. The number of halogens is 2. The molecule has 3 aliphatic rings. The number of hydrogen-bond acceptors (Lipinski definition) is 5. The number of nitrogens with zero attached hydrogens (tertiary/aromatic N) is 2. The van der Waals surface area contributed by atoms with E-state index in [1.54, 1.807) is 34.9 Å². The van der Waals surface area contributed by atoms with Crippen molar-refractivity contribution >= 4 is 29.3 Å². The molecule has 0 spiro atoms.